The van der Waals surface area contributed by atoms with Gasteiger partial charge >= 0.3 is 0 Å². The molecule has 0 spiro atoms. The van der Waals surface area contributed by atoms with Crippen LogP contribution in [0.15, 0.2) is 36.7 Å². The van der Waals surface area contributed by atoms with Crippen LogP contribution >= 0.6 is 0 Å². The van der Waals surface area contributed by atoms with Crippen LogP contribution in [0, 0.1) is 6.92 Å². The third kappa shape index (κ3) is 1.37. The Hall–Kier alpha value is -1.57. The van der Waals surface area contributed by atoms with Crippen molar-refractivity contribution in [3.63, 3.8) is 0 Å². The summed E-state index contributed by atoms with van der Waals surface area (Å²) in [5.74, 6) is 1.80. The van der Waals surface area contributed by atoms with Crippen LogP contribution in [0.25, 0.3) is 0 Å². The average molecular weight is 198 g/mol. The molecule has 0 amide bonds. The Kier molecular flexibility index (Phi) is 1.88. The lowest BCUT2D eigenvalue weighted by Crippen LogP contribution is -2.22. The molecule has 1 aliphatic rings. The Bertz CT molecular complexity index is 485. The van der Waals surface area contributed by atoms with E-state index in [9.17, 15) is 0 Å². The number of hydrogen-bond acceptors (Lipinski definition) is 1. The first-order valence-electron chi connectivity index (χ1n) is 5.40. The zero-order valence-electron chi connectivity index (χ0n) is 8.85. The minimum absolute atomic E-state index is 0.689. The molecule has 1 aromatic heterocycles. The van der Waals surface area contributed by atoms with Crippen LogP contribution in [0.2, 0.25) is 0 Å². The Morgan fingerprint density at radius 3 is 3.00 bits per heavy atom. The van der Waals surface area contributed by atoms with Crippen LogP contribution in [0.3, 0.4) is 0 Å². The first-order chi connectivity index (χ1) is 7.34. The summed E-state index contributed by atoms with van der Waals surface area (Å²) in [5, 5.41) is 0. The lowest BCUT2D eigenvalue weighted by atomic mass is 9.77. The molecule has 0 saturated carbocycles. The number of aryl methyl sites for hydroxylation is 1. The topological polar surface area (TPSA) is 17.8 Å². The van der Waals surface area contributed by atoms with Crippen LogP contribution in [0.5, 0.6) is 0 Å². The summed E-state index contributed by atoms with van der Waals surface area (Å²) in [6.07, 6.45) is 5.16. The molecule has 0 saturated heterocycles. The molecule has 3 rings (SSSR count). The van der Waals surface area contributed by atoms with Crippen molar-refractivity contribution in [3.8, 4) is 0 Å². The van der Waals surface area contributed by atoms with Gasteiger partial charge in [-0.15, -0.1) is 0 Å². The molecule has 1 aliphatic carbocycles. The maximum absolute atomic E-state index is 4.25. The van der Waals surface area contributed by atoms with Gasteiger partial charge in [0.1, 0.15) is 5.82 Å². The van der Waals surface area contributed by atoms with Crippen molar-refractivity contribution in [1.29, 1.82) is 0 Å². The van der Waals surface area contributed by atoms with Crippen molar-refractivity contribution in [2.24, 2.45) is 0 Å². The predicted molar refractivity (Wildman–Crippen MR) is 59.9 cm³/mol. The number of fused-ring (bicyclic) bond motifs is 1. The van der Waals surface area contributed by atoms with Crippen molar-refractivity contribution in [3.05, 3.63) is 53.6 Å². The third-order valence-corrected chi connectivity index (χ3v) is 3.30. The molecule has 1 atom stereocenters. The van der Waals surface area contributed by atoms with E-state index in [-0.39, 0.29) is 0 Å². The van der Waals surface area contributed by atoms with Crippen molar-refractivity contribution in [1.82, 2.24) is 9.55 Å². The number of nitrogens with zero attached hydrogens (tertiary/aromatic N) is 2. The quantitative estimate of drug-likeness (QED) is 0.725. The van der Waals surface area contributed by atoms with Gasteiger partial charge in [-0.3, -0.25) is 0 Å². The molecule has 1 heterocycles. The average Bonchev–Trinajstić information content (AvgIpc) is 2.61. The smallest absolute Gasteiger partial charge is 0.105 e. The van der Waals surface area contributed by atoms with Crippen LogP contribution in [0.4, 0.5) is 0 Å². The molecule has 2 aromatic rings. The van der Waals surface area contributed by atoms with Crippen molar-refractivity contribution < 1.29 is 0 Å². The van der Waals surface area contributed by atoms with Gasteiger partial charge < -0.3 is 4.57 Å². The van der Waals surface area contributed by atoms with Gasteiger partial charge in [0.25, 0.3) is 0 Å². The van der Waals surface area contributed by atoms with Crippen LogP contribution in [-0.2, 0) is 13.0 Å². The van der Waals surface area contributed by atoms with Crippen molar-refractivity contribution >= 4 is 0 Å². The minimum atomic E-state index is 0.689. The number of rotatable bonds is 2. The fraction of sp³-hybridized carbons (Fsp3) is 0.308. The van der Waals surface area contributed by atoms with E-state index in [2.05, 4.69) is 46.9 Å². The number of hydrogen-bond donors (Lipinski definition) is 0. The highest BCUT2D eigenvalue weighted by molar-refractivity contribution is 5.39. The molecule has 76 valence electrons. The van der Waals surface area contributed by atoms with E-state index in [1.54, 1.807) is 0 Å². The van der Waals surface area contributed by atoms with Gasteiger partial charge in [0.15, 0.2) is 0 Å². The summed E-state index contributed by atoms with van der Waals surface area (Å²) >= 11 is 0. The minimum Gasteiger partial charge on any atom is -0.335 e. The van der Waals surface area contributed by atoms with Crippen LogP contribution in [-0.4, -0.2) is 9.55 Å². The number of imidazole rings is 1. The SMILES string of the molecule is Cc1nccn1CC1Cc2ccccc21. The Morgan fingerprint density at radius 2 is 2.27 bits per heavy atom. The van der Waals surface area contributed by atoms with Crippen molar-refractivity contribution in [2.45, 2.75) is 25.8 Å². The summed E-state index contributed by atoms with van der Waals surface area (Å²) in [6, 6.07) is 8.73. The molecule has 1 unspecified atom stereocenters. The lowest BCUT2D eigenvalue weighted by molar-refractivity contribution is 0.501. The summed E-state index contributed by atoms with van der Waals surface area (Å²) in [4.78, 5) is 4.25. The van der Waals surface area contributed by atoms with E-state index < -0.39 is 0 Å². The Labute approximate surface area is 89.6 Å². The van der Waals surface area contributed by atoms with Gasteiger partial charge in [0.2, 0.25) is 0 Å². The maximum atomic E-state index is 4.25. The standard InChI is InChI=1S/C13H14N2/c1-10-14-6-7-15(10)9-12-8-11-4-2-3-5-13(11)12/h2-7,12H,8-9H2,1H3. The van der Waals surface area contributed by atoms with Gasteiger partial charge in [0.05, 0.1) is 0 Å². The van der Waals surface area contributed by atoms with Gasteiger partial charge in [0, 0.05) is 24.9 Å². The molecule has 0 fully saturated rings. The fourth-order valence-corrected chi connectivity index (χ4v) is 2.36. The number of benzene rings is 1. The van der Waals surface area contributed by atoms with Gasteiger partial charge in [-0.05, 0) is 24.5 Å². The highest BCUT2D eigenvalue weighted by Gasteiger charge is 2.25. The Morgan fingerprint density at radius 1 is 1.40 bits per heavy atom. The molecular weight excluding hydrogens is 184 g/mol. The van der Waals surface area contributed by atoms with E-state index in [0.717, 1.165) is 12.4 Å². The molecule has 0 radical (unpaired) electrons. The van der Waals surface area contributed by atoms with E-state index in [4.69, 9.17) is 0 Å². The molecule has 0 bridgehead atoms. The van der Waals surface area contributed by atoms with E-state index in [1.165, 1.54) is 17.5 Å². The third-order valence-electron chi connectivity index (χ3n) is 3.30. The zero-order valence-corrected chi connectivity index (χ0v) is 8.85. The Balaban J connectivity index is 1.81. The fourth-order valence-electron chi connectivity index (χ4n) is 2.36. The monoisotopic (exact) mass is 198 g/mol. The molecule has 2 heteroatoms. The first-order valence-corrected chi connectivity index (χ1v) is 5.40. The summed E-state index contributed by atoms with van der Waals surface area (Å²) in [5.41, 5.74) is 3.03. The second kappa shape index (κ2) is 3.23. The maximum Gasteiger partial charge on any atom is 0.105 e. The van der Waals surface area contributed by atoms with Crippen LogP contribution < -0.4 is 0 Å². The van der Waals surface area contributed by atoms with Crippen LogP contribution in [0.1, 0.15) is 22.9 Å². The lowest BCUT2D eigenvalue weighted by Gasteiger charge is -2.30. The van der Waals surface area contributed by atoms with Gasteiger partial charge in [-0.1, -0.05) is 24.3 Å². The second-order valence-electron chi connectivity index (χ2n) is 4.23. The number of aromatic nitrogens is 2. The van der Waals surface area contributed by atoms with E-state index in [0.29, 0.717) is 5.92 Å². The molecule has 15 heavy (non-hydrogen) atoms. The molecule has 0 aliphatic heterocycles. The summed E-state index contributed by atoms with van der Waals surface area (Å²) < 4.78 is 2.24. The normalized spacial score (nSPS) is 18.3. The highest BCUT2D eigenvalue weighted by Crippen LogP contribution is 2.35. The molecular formula is C13H14N2. The van der Waals surface area contributed by atoms with E-state index in [1.807, 2.05) is 6.20 Å². The van der Waals surface area contributed by atoms with Crippen molar-refractivity contribution in [2.75, 3.05) is 0 Å². The zero-order chi connectivity index (χ0) is 10.3. The summed E-state index contributed by atoms with van der Waals surface area (Å²) in [6.45, 7) is 3.13. The summed E-state index contributed by atoms with van der Waals surface area (Å²) in [7, 11) is 0. The molecule has 0 N–H and O–H groups in total. The first kappa shape index (κ1) is 8.72. The highest BCUT2D eigenvalue weighted by atomic mass is 15.1. The van der Waals surface area contributed by atoms with Gasteiger partial charge in [-0.2, -0.15) is 0 Å². The predicted octanol–water partition coefficient (Wildman–Crippen LogP) is 2.53. The largest absolute Gasteiger partial charge is 0.335 e. The molecule has 2 nitrogen and oxygen atoms in total. The van der Waals surface area contributed by atoms with Gasteiger partial charge in [-0.25, -0.2) is 4.98 Å². The molecule has 1 aromatic carbocycles. The van der Waals surface area contributed by atoms with E-state index >= 15 is 0 Å². The second-order valence-corrected chi connectivity index (χ2v) is 4.23.